The fourth-order valence-electron chi connectivity index (χ4n) is 2.96. The number of carbonyl (C=O) groups excluding carboxylic acids is 1. The van der Waals surface area contributed by atoms with Crippen LogP contribution in [0.15, 0.2) is 77.4 Å². The quantitative estimate of drug-likeness (QED) is 0.441. The van der Waals surface area contributed by atoms with Gasteiger partial charge in [0.05, 0.1) is 12.6 Å². The van der Waals surface area contributed by atoms with Crippen LogP contribution in [0.1, 0.15) is 24.7 Å². The second kappa shape index (κ2) is 9.50. The van der Waals surface area contributed by atoms with E-state index in [4.69, 9.17) is 9.83 Å². The number of imidazole rings is 1. The molecule has 0 spiro atoms. The third kappa shape index (κ3) is 5.07. The van der Waals surface area contributed by atoms with Gasteiger partial charge in [0.1, 0.15) is 11.5 Å². The van der Waals surface area contributed by atoms with E-state index in [-0.39, 0.29) is 11.6 Å². The Balaban J connectivity index is 1.69. The van der Waals surface area contributed by atoms with Crippen LogP contribution < -0.4 is 5.32 Å². The molecule has 2 aromatic heterocycles. The number of carbonyl (C=O) groups is 1. The highest BCUT2D eigenvalue weighted by atomic mass is 16.3. The van der Waals surface area contributed by atoms with Crippen LogP contribution in [0.2, 0.25) is 0 Å². The molecular weight excluding hydrogens is 352 g/mol. The van der Waals surface area contributed by atoms with E-state index in [2.05, 4.69) is 10.3 Å². The number of aromatic nitrogens is 2. The molecule has 0 aliphatic heterocycles. The van der Waals surface area contributed by atoms with Crippen LogP contribution in [0.4, 0.5) is 0 Å². The summed E-state index contributed by atoms with van der Waals surface area (Å²) in [7, 11) is 0. The highest BCUT2D eigenvalue weighted by Crippen LogP contribution is 2.23. The lowest BCUT2D eigenvalue weighted by Gasteiger charge is -2.13. The van der Waals surface area contributed by atoms with Crippen molar-refractivity contribution in [3.8, 4) is 0 Å². The third-order valence-corrected chi connectivity index (χ3v) is 4.53. The first-order valence-corrected chi connectivity index (χ1v) is 9.25. The number of amides is 1. The van der Waals surface area contributed by atoms with E-state index in [9.17, 15) is 4.79 Å². The number of rotatable bonds is 9. The van der Waals surface area contributed by atoms with Gasteiger partial charge in [-0.3, -0.25) is 10.2 Å². The third-order valence-electron chi connectivity index (χ3n) is 4.53. The topological polar surface area (TPSA) is 83.9 Å². The van der Waals surface area contributed by atoms with E-state index in [1.807, 2.05) is 54.1 Å². The van der Waals surface area contributed by atoms with Gasteiger partial charge in [0.25, 0.3) is 5.91 Å². The van der Waals surface area contributed by atoms with Gasteiger partial charge < -0.3 is 14.3 Å². The molecular formula is C22H24N4O2. The Hall–Kier alpha value is -3.41. The van der Waals surface area contributed by atoms with Crippen molar-refractivity contribution in [1.82, 2.24) is 14.9 Å². The van der Waals surface area contributed by atoms with Crippen LogP contribution in [-0.4, -0.2) is 27.7 Å². The first-order valence-electron chi connectivity index (χ1n) is 9.25. The van der Waals surface area contributed by atoms with Crippen molar-refractivity contribution >= 4 is 17.2 Å². The van der Waals surface area contributed by atoms with Crippen molar-refractivity contribution in [2.24, 2.45) is 0 Å². The van der Waals surface area contributed by atoms with E-state index in [0.717, 1.165) is 24.1 Å². The van der Waals surface area contributed by atoms with Gasteiger partial charge in [-0.05, 0) is 42.2 Å². The minimum atomic E-state index is -0.373. The van der Waals surface area contributed by atoms with Crippen molar-refractivity contribution in [2.45, 2.75) is 26.3 Å². The Bertz CT molecular complexity index is 926. The van der Waals surface area contributed by atoms with E-state index < -0.39 is 0 Å². The molecule has 0 fully saturated rings. The second-order valence-electron chi connectivity index (χ2n) is 6.53. The molecule has 2 N–H and O–H groups in total. The molecule has 0 atom stereocenters. The fourth-order valence-corrected chi connectivity index (χ4v) is 2.96. The van der Waals surface area contributed by atoms with Crippen molar-refractivity contribution in [3.05, 3.63) is 84.3 Å². The molecule has 2 heterocycles. The lowest BCUT2D eigenvalue weighted by atomic mass is 9.95. The fraction of sp³-hybridized carbons (Fsp3) is 0.227. The molecule has 6 heteroatoms. The molecule has 0 saturated carbocycles. The molecule has 1 amide bonds. The molecule has 6 nitrogen and oxygen atoms in total. The van der Waals surface area contributed by atoms with Gasteiger partial charge in [-0.25, -0.2) is 4.98 Å². The maximum Gasteiger partial charge on any atom is 0.269 e. The van der Waals surface area contributed by atoms with E-state index >= 15 is 0 Å². The summed E-state index contributed by atoms with van der Waals surface area (Å²) in [6.45, 7) is 3.15. The monoisotopic (exact) mass is 376 g/mol. The minimum absolute atomic E-state index is 0.0274. The van der Waals surface area contributed by atoms with Crippen molar-refractivity contribution in [2.75, 3.05) is 6.54 Å². The Morgan fingerprint density at radius 1 is 1.21 bits per heavy atom. The summed E-state index contributed by atoms with van der Waals surface area (Å²) < 4.78 is 7.45. The van der Waals surface area contributed by atoms with Gasteiger partial charge >= 0.3 is 0 Å². The summed E-state index contributed by atoms with van der Waals surface area (Å²) in [5.74, 6) is 0.297. The first kappa shape index (κ1) is 19.4. The standard InChI is InChI=1S/C22H24N4O2/c1-17(20-9-5-14-28-20)19(15-18-7-3-2-4-8-18)21(23)22(27)25-10-6-12-26-13-11-24-16-26/h2-5,7-9,11,13-14,16,23H,6,10,12,15H2,1H3,(H,25,27)/b19-17+,23-21?. The van der Waals surface area contributed by atoms with Crippen LogP contribution in [0.5, 0.6) is 0 Å². The van der Waals surface area contributed by atoms with Gasteiger partial charge in [-0.15, -0.1) is 0 Å². The van der Waals surface area contributed by atoms with E-state index in [0.29, 0.717) is 24.3 Å². The average molecular weight is 376 g/mol. The Kier molecular flexibility index (Phi) is 6.57. The van der Waals surface area contributed by atoms with E-state index in [1.165, 1.54) is 0 Å². The highest BCUT2D eigenvalue weighted by Gasteiger charge is 2.19. The predicted octanol–water partition coefficient (Wildman–Crippen LogP) is 3.72. The van der Waals surface area contributed by atoms with Crippen LogP contribution in [0.3, 0.4) is 0 Å². The van der Waals surface area contributed by atoms with Crippen molar-refractivity contribution in [1.29, 1.82) is 5.41 Å². The minimum Gasteiger partial charge on any atom is -0.465 e. The van der Waals surface area contributed by atoms with Crippen LogP contribution in [0.25, 0.3) is 5.57 Å². The molecule has 1 aromatic carbocycles. The molecule has 0 unspecified atom stereocenters. The normalized spacial score (nSPS) is 11.8. The summed E-state index contributed by atoms with van der Waals surface area (Å²) in [4.78, 5) is 16.6. The maximum absolute atomic E-state index is 12.6. The van der Waals surface area contributed by atoms with Crippen molar-refractivity contribution < 1.29 is 9.21 Å². The largest absolute Gasteiger partial charge is 0.465 e. The molecule has 3 rings (SSSR count). The highest BCUT2D eigenvalue weighted by molar-refractivity contribution is 6.45. The number of benzene rings is 1. The zero-order valence-corrected chi connectivity index (χ0v) is 15.9. The number of hydrogen-bond acceptors (Lipinski definition) is 4. The van der Waals surface area contributed by atoms with E-state index in [1.54, 1.807) is 24.9 Å². The number of hydrogen-bond donors (Lipinski definition) is 2. The van der Waals surface area contributed by atoms with Crippen LogP contribution in [-0.2, 0) is 17.8 Å². The van der Waals surface area contributed by atoms with Crippen molar-refractivity contribution in [3.63, 3.8) is 0 Å². The number of allylic oxidation sites excluding steroid dienone is 1. The number of furan rings is 1. The molecule has 0 aliphatic rings. The summed E-state index contributed by atoms with van der Waals surface area (Å²) in [5.41, 5.74) is 2.47. The zero-order chi connectivity index (χ0) is 19.8. The summed E-state index contributed by atoms with van der Waals surface area (Å²) in [6.07, 6.45) is 8.22. The molecule has 144 valence electrons. The molecule has 28 heavy (non-hydrogen) atoms. The Morgan fingerprint density at radius 3 is 2.71 bits per heavy atom. The number of aryl methyl sites for hydroxylation is 1. The molecule has 0 bridgehead atoms. The van der Waals surface area contributed by atoms with Gasteiger partial charge in [0.2, 0.25) is 0 Å². The second-order valence-corrected chi connectivity index (χ2v) is 6.53. The summed E-state index contributed by atoms with van der Waals surface area (Å²) in [6, 6.07) is 13.5. The Morgan fingerprint density at radius 2 is 2.04 bits per heavy atom. The van der Waals surface area contributed by atoms with Gasteiger partial charge in [0.15, 0.2) is 0 Å². The SMILES string of the molecule is C/C(=C(/Cc1ccccc1)C(=N)C(=O)NCCCn1ccnc1)c1ccco1. The Labute approximate surface area is 164 Å². The maximum atomic E-state index is 12.6. The number of nitrogens with one attached hydrogen (secondary N) is 2. The number of nitrogens with zero attached hydrogens (tertiary/aromatic N) is 2. The summed E-state index contributed by atoms with van der Waals surface area (Å²) in [5, 5.41) is 11.3. The first-order chi connectivity index (χ1) is 13.6. The van der Waals surface area contributed by atoms with Gasteiger partial charge in [0, 0.05) is 31.9 Å². The van der Waals surface area contributed by atoms with Gasteiger partial charge in [-0.2, -0.15) is 0 Å². The molecule has 0 saturated heterocycles. The van der Waals surface area contributed by atoms with Crippen LogP contribution >= 0.6 is 0 Å². The summed E-state index contributed by atoms with van der Waals surface area (Å²) >= 11 is 0. The molecule has 3 aromatic rings. The lowest BCUT2D eigenvalue weighted by molar-refractivity contribution is -0.114. The average Bonchev–Trinajstić information content (AvgIpc) is 3.43. The lowest BCUT2D eigenvalue weighted by Crippen LogP contribution is -2.33. The predicted molar refractivity (Wildman–Crippen MR) is 109 cm³/mol. The zero-order valence-electron chi connectivity index (χ0n) is 15.9. The molecule has 0 radical (unpaired) electrons. The van der Waals surface area contributed by atoms with Gasteiger partial charge in [-0.1, -0.05) is 30.3 Å². The molecule has 0 aliphatic carbocycles. The smallest absolute Gasteiger partial charge is 0.269 e. The van der Waals surface area contributed by atoms with Crippen LogP contribution in [0, 0.1) is 5.41 Å².